The van der Waals surface area contributed by atoms with Crippen LogP contribution in [0.3, 0.4) is 0 Å². The van der Waals surface area contributed by atoms with Crippen molar-refractivity contribution in [2.45, 2.75) is 71.6 Å². The van der Waals surface area contributed by atoms with Crippen LogP contribution < -0.4 is 10.6 Å². The number of amides is 2. The summed E-state index contributed by atoms with van der Waals surface area (Å²) in [5.41, 5.74) is -1.09. The molecule has 0 rings (SSSR count). The van der Waals surface area contributed by atoms with Gasteiger partial charge in [-0.15, -0.1) is 6.42 Å². The van der Waals surface area contributed by atoms with E-state index in [2.05, 4.69) is 16.6 Å². The Labute approximate surface area is 133 Å². The first-order valence-corrected chi connectivity index (χ1v) is 7.35. The van der Waals surface area contributed by atoms with Gasteiger partial charge in [0, 0.05) is 6.54 Å². The summed E-state index contributed by atoms with van der Waals surface area (Å²) in [4.78, 5) is 23.1. The fourth-order valence-electron chi connectivity index (χ4n) is 1.46. The third kappa shape index (κ3) is 11.9. The van der Waals surface area contributed by atoms with Crippen molar-refractivity contribution < 1.29 is 19.1 Å². The molecule has 0 spiro atoms. The Morgan fingerprint density at radius 2 is 1.55 bits per heavy atom. The van der Waals surface area contributed by atoms with Gasteiger partial charge in [0.2, 0.25) is 0 Å². The lowest BCUT2D eigenvalue weighted by molar-refractivity contribution is 0.0499. The monoisotopic (exact) mass is 312 g/mol. The molecule has 0 radical (unpaired) electrons. The molecule has 0 bridgehead atoms. The second-order valence-electron chi connectivity index (χ2n) is 6.94. The Balaban J connectivity index is 4.00. The van der Waals surface area contributed by atoms with Crippen molar-refractivity contribution in [2.24, 2.45) is 0 Å². The summed E-state index contributed by atoms with van der Waals surface area (Å²) in [5, 5.41) is 5.24. The first-order valence-electron chi connectivity index (χ1n) is 7.35. The molecule has 6 nitrogen and oxygen atoms in total. The summed E-state index contributed by atoms with van der Waals surface area (Å²) in [6.07, 6.45) is 5.51. The van der Waals surface area contributed by atoms with Crippen LogP contribution in [0.5, 0.6) is 0 Å². The average Bonchev–Trinajstić information content (AvgIpc) is 2.28. The molecule has 1 atom stereocenters. The van der Waals surface area contributed by atoms with Gasteiger partial charge in [0.15, 0.2) is 0 Å². The van der Waals surface area contributed by atoms with Crippen LogP contribution >= 0.6 is 0 Å². The van der Waals surface area contributed by atoms with E-state index in [0.717, 1.165) is 0 Å². The van der Waals surface area contributed by atoms with E-state index in [1.807, 2.05) is 0 Å². The predicted octanol–water partition coefficient (Wildman–Crippen LogP) is 2.82. The summed E-state index contributed by atoms with van der Waals surface area (Å²) in [6, 6.07) is -0.435. The van der Waals surface area contributed by atoms with Gasteiger partial charge < -0.3 is 20.1 Å². The van der Waals surface area contributed by atoms with E-state index >= 15 is 0 Å². The maximum atomic E-state index is 11.6. The SMILES string of the molecule is C#CC(CCCNC(=O)OC(C)(C)C)NC(=O)OC(C)(C)C. The van der Waals surface area contributed by atoms with E-state index in [0.29, 0.717) is 19.4 Å². The zero-order chi connectivity index (χ0) is 17.4. The number of hydrogen-bond acceptors (Lipinski definition) is 4. The fraction of sp³-hybridized carbons (Fsp3) is 0.750. The molecule has 126 valence electrons. The summed E-state index contributed by atoms with van der Waals surface area (Å²) in [6.45, 7) is 11.2. The Kier molecular flexibility index (Phi) is 7.78. The second-order valence-corrected chi connectivity index (χ2v) is 6.94. The van der Waals surface area contributed by atoms with Crippen LogP contribution in [0.2, 0.25) is 0 Å². The van der Waals surface area contributed by atoms with Gasteiger partial charge in [-0.05, 0) is 54.4 Å². The highest BCUT2D eigenvalue weighted by Crippen LogP contribution is 2.08. The Morgan fingerprint density at radius 3 is 2.00 bits per heavy atom. The van der Waals surface area contributed by atoms with Crippen molar-refractivity contribution in [1.29, 1.82) is 0 Å². The van der Waals surface area contributed by atoms with E-state index in [9.17, 15) is 9.59 Å². The molecule has 0 aromatic carbocycles. The van der Waals surface area contributed by atoms with Crippen molar-refractivity contribution in [3.63, 3.8) is 0 Å². The molecular formula is C16H28N2O4. The molecule has 2 N–H and O–H groups in total. The van der Waals surface area contributed by atoms with Crippen LogP contribution in [0.15, 0.2) is 0 Å². The van der Waals surface area contributed by atoms with Gasteiger partial charge in [0.25, 0.3) is 0 Å². The molecule has 0 aromatic rings. The van der Waals surface area contributed by atoms with Crippen LogP contribution in [-0.4, -0.2) is 36.0 Å². The van der Waals surface area contributed by atoms with Crippen LogP contribution in [-0.2, 0) is 9.47 Å². The van der Waals surface area contributed by atoms with E-state index in [4.69, 9.17) is 15.9 Å². The number of terminal acetylenes is 1. The van der Waals surface area contributed by atoms with E-state index < -0.39 is 29.4 Å². The Hall–Kier alpha value is -1.90. The maximum absolute atomic E-state index is 11.6. The van der Waals surface area contributed by atoms with E-state index in [-0.39, 0.29) is 0 Å². The van der Waals surface area contributed by atoms with Gasteiger partial charge in [0.05, 0.1) is 6.04 Å². The highest BCUT2D eigenvalue weighted by molar-refractivity contribution is 5.68. The smallest absolute Gasteiger partial charge is 0.408 e. The number of carbonyl (C=O) groups excluding carboxylic acids is 2. The van der Waals surface area contributed by atoms with Gasteiger partial charge in [-0.1, -0.05) is 5.92 Å². The molecule has 1 unspecified atom stereocenters. The minimum Gasteiger partial charge on any atom is -0.444 e. The Bertz CT molecular complexity index is 413. The summed E-state index contributed by atoms with van der Waals surface area (Å²) < 4.78 is 10.2. The van der Waals surface area contributed by atoms with Crippen LogP contribution in [0, 0.1) is 12.3 Å². The molecule has 0 aliphatic heterocycles. The van der Waals surface area contributed by atoms with E-state index in [1.165, 1.54) is 0 Å². The number of carbonyl (C=O) groups is 2. The van der Waals surface area contributed by atoms with Crippen LogP contribution in [0.1, 0.15) is 54.4 Å². The molecule has 0 saturated heterocycles. The highest BCUT2D eigenvalue weighted by Gasteiger charge is 2.19. The maximum Gasteiger partial charge on any atom is 0.408 e. The van der Waals surface area contributed by atoms with E-state index in [1.54, 1.807) is 41.5 Å². The minimum absolute atomic E-state index is 0.420. The third-order valence-electron chi connectivity index (χ3n) is 2.23. The topological polar surface area (TPSA) is 76.7 Å². The van der Waals surface area contributed by atoms with Crippen molar-refractivity contribution in [3.8, 4) is 12.3 Å². The van der Waals surface area contributed by atoms with Gasteiger partial charge in [-0.2, -0.15) is 0 Å². The second kappa shape index (κ2) is 8.52. The van der Waals surface area contributed by atoms with Gasteiger partial charge in [-0.3, -0.25) is 0 Å². The minimum atomic E-state index is -0.568. The normalized spacial score (nSPS) is 12.8. The molecule has 0 heterocycles. The molecule has 22 heavy (non-hydrogen) atoms. The molecule has 6 heteroatoms. The standard InChI is InChI=1S/C16H28N2O4/c1-8-12(18-14(20)22-16(5,6)7)10-9-11-17-13(19)21-15(2,3)4/h1,12H,9-11H2,2-7H3,(H,17,19)(H,18,20). The largest absolute Gasteiger partial charge is 0.444 e. The number of nitrogens with one attached hydrogen (secondary N) is 2. The molecule has 2 amide bonds. The number of hydrogen-bond donors (Lipinski definition) is 2. The zero-order valence-corrected chi connectivity index (χ0v) is 14.4. The quantitative estimate of drug-likeness (QED) is 0.604. The lowest BCUT2D eigenvalue weighted by atomic mass is 10.1. The molecule has 0 saturated carbocycles. The fourth-order valence-corrected chi connectivity index (χ4v) is 1.46. The summed E-state index contributed by atoms with van der Waals surface area (Å²) in [5.74, 6) is 2.49. The lowest BCUT2D eigenvalue weighted by Crippen LogP contribution is -2.39. The van der Waals surface area contributed by atoms with Gasteiger partial charge in [0.1, 0.15) is 11.2 Å². The van der Waals surface area contributed by atoms with Gasteiger partial charge >= 0.3 is 12.2 Å². The van der Waals surface area contributed by atoms with Crippen LogP contribution in [0.25, 0.3) is 0 Å². The van der Waals surface area contributed by atoms with Crippen molar-refractivity contribution in [3.05, 3.63) is 0 Å². The van der Waals surface area contributed by atoms with Gasteiger partial charge in [-0.25, -0.2) is 9.59 Å². The highest BCUT2D eigenvalue weighted by atomic mass is 16.6. The Morgan fingerprint density at radius 1 is 1.05 bits per heavy atom. The first kappa shape index (κ1) is 20.1. The number of alkyl carbamates (subject to hydrolysis) is 2. The van der Waals surface area contributed by atoms with Crippen molar-refractivity contribution in [1.82, 2.24) is 10.6 Å². The first-order chi connectivity index (χ1) is 9.93. The average molecular weight is 312 g/mol. The van der Waals surface area contributed by atoms with Crippen LogP contribution in [0.4, 0.5) is 9.59 Å². The molecule has 0 aliphatic carbocycles. The number of ether oxygens (including phenoxy) is 2. The summed E-state index contributed by atoms with van der Waals surface area (Å²) >= 11 is 0. The predicted molar refractivity (Wildman–Crippen MR) is 85.5 cm³/mol. The third-order valence-corrected chi connectivity index (χ3v) is 2.23. The number of rotatable bonds is 5. The molecular weight excluding hydrogens is 284 g/mol. The molecule has 0 aromatic heterocycles. The zero-order valence-electron chi connectivity index (χ0n) is 14.4. The van der Waals surface area contributed by atoms with Crippen molar-refractivity contribution in [2.75, 3.05) is 6.54 Å². The summed E-state index contributed by atoms with van der Waals surface area (Å²) in [7, 11) is 0. The lowest BCUT2D eigenvalue weighted by Gasteiger charge is -2.22. The molecule has 0 aliphatic rings. The molecule has 0 fully saturated rings. The van der Waals surface area contributed by atoms with Crippen molar-refractivity contribution >= 4 is 12.2 Å².